The van der Waals surface area contributed by atoms with Gasteiger partial charge in [-0.1, -0.05) is 18.7 Å². The van der Waals surface area contributed by atoms with Crippen LogP contribution in [0.25, 0.3) is 0 Å². The summed E-state index contributed by atoms with van der Waals surface area (Å²) in [6.45, 7) is 6.04. The smallest absolute Gasteiger partial charge is 0.338 e. The van der Waals surface area contributed by atoms with Crippen molar-refractivity contribution in [3.05, 3.63) is 33.2 Å². The molecular weight excluding hydrogens is 344 g/mol. The second kappa shape index (κ2) is 6.98. The predicted octanol–water partition coefficient (Wildman–Crippen LogP) is 3.61. The average Bonchev–Trinajstić information content (AvgIpc) is 3.16. The van der Waals surface area contributed by atoms with Gasteiger partial charge in [0.2, 0.25) is 11.1 Å². The van der Waals surface area contributed by atoms with E-state index >= 15 is 0 Å². The van der Waals surface area contributed by atoms with E-state index in [1.165, 1.54) is 7.11 Å². The molecule has 0 amide bonds. The summed E-state index contributed by atoms with van der Waals surface area (Å²) in [5.74, 6) is 1.28. The maximum absolute atomic E-state index is 12.4. The lowest BCUT2D eigenvalue weighted by atomic mass is 10.00. The lowest BCUT2D eigenvalue weighted by molar-refractivity contribution is -0.136. The molecule has 128 valence electrons. The van der Waals surface area contributed by atoms with E-state index in [4.69, 9.17) is 4.74 Å². The summed E-state index contributed by atoms with van der Waals surface area (Å²) in [7, 11) is 1.40. The van der Waals surface area contributed by atoms with Gasteiger partial charge in [0.1, 0.15) is 6.04 Å². The van der Waals surface area contributed by atoms with Gasteiger partial charge in [-0.3, -0.25) is 0 Å². The number of fused-ring (bicyclic) bond motifs is 1. The highest BCUT2D eigenvalue weighted by Gasteiger charge is 2.36. The summed E-state index contributed by atoms with van der Waals surface area (Å²) in [6.07, 6.45) is 1.06. The van der Waals surface area contributed by atoms with Gasteiger partial charge >= 0.3 is 5.97 Å². The van der Waals surface area contributed by atoms with Crippen LogP contribution in [0, 0.1) is 6.92 Å². The Balaban J connectivity index is 2.11. The van der Waals surface area contributed by atoms with Gasteiger partial charge in [0.15, 0.2) is 0 Å². The number of thioether (sulfide) groups is 1. The fourth-order valence-electron chi connectivity index (χ4n) is 2.67. The molecule has 0 radical (unpaired) electrons. The van der Waals surface area contributed by atoms with Crippen LogP contribution in [0.2, 0.25) is 0 Å². The maximum atomic E-state index is 12.4. The van der Waals surface area contributed by atoms with Gasteiger partial charge in [-0.25, -0.2) is 9.48 Å². The number of aryl methyl sites for hydroxylation is 1. The minimum absolute atomic E-state index is 0.308. The van der Waals surface area contributed by atoms with Crippen LogP contribution in [0.1, 0.15) is 36.8 Å². The van der Waals surface area contributed by atoms with Crippen LogP contribution in [-0.4, -0.2) is 33.6 Å². The van der Waals surface area contributed by atoms with Crippen LogP contribution in [-0.2, 0) is 9.53 Å². The number of methoxy groups -OCH3 is 1. The first-order valence-electron chi connectivity index (χ1n) is 7.76. The highest BCUT2D eigenvalue weighted by atomic mass is 32.2. The third-order valence-electron chi connectivity index (χ3n) is 3.82. The van der Waals surface area contributed by atoms with Crippen LogP contribution < -0.4 is 5.32 Å². The number of aromatic nitrogens is 3. The van der Waals surface area contributed by atoms with Crippen molar-refractivity contribution in [2.24, 2.45) is 0 Å². The van der Waals surface area contributed by atoms with Gasteiger partial charge in [0, 0.05) is 16.3 Å². The second-order valence-corrected chi connectivity index (χ2v) is 7.55. The molecule has 1 N–H and O–H groups in total. The number of rotatable bonds is 5. The number of nitrogens with zero attached hydrogens (tertiary/aromatic N) is 3. The lowest BCUT2D eigenvalue weighted by Gasteiger charge is -2.27. The topological polar surface area (TPSA) is 69.0 Å². The molecule has 1 aliphatic heterocycles. The van der Waals surface area contributed by atoms with E-state index < -0.39 is 0 Å². The van der Waals surface area contributed by atoms with E-state index in [0.717, 1.165) is 33.5 Å². The van der Waals surface area contributed by atoms with Crippen LogP contribution in [0.15, 0.2) is 27.9 Å². The zero-order chi connectivity index (χ0) is 17.3. The molecule has 3 heterocycles. The van der Waals surface area contributed by atoms with E-state index in [0.29, 0.717) is 11.5 Å². The number of nitrogens with one attached hydrogen (secondary N) is 1. The standard InChI is InChI=1S/C16H20N4O2S2/c1-5-7-24-16-18-15-17-10(3)11(14(21)22-4)12(20(15)19-16)13-9(2)6-8-23-13/h6,8,12H,5,7H2,1-4H3,(H,17,18,19). The predicted molar refractivity (Wildman–Crippen MR) is 96.6 cm³/mol. The minimum Gasteiger partial charge on any atom is -0.466 e. The number of hydrogen-bond donors (Lipinski definition) is 1. The molecule has 1 aliphatic rings. The Morgan fingerprint density at radius 1 is 1.50 bits per heavy atom. The molecule has 0 saturated heterocycles. The Kier molecular flexibility index (Phi) is 4.96. The van der Waals surface area contributed by atoms with Gasteiger partial charge in [0.05, 0.1) is 12.7 Å². The average molecular weight is 364 g/mol. The first kappa shape index (κ1) is 17.0. The number of thiophene rings is 1. The molecule has 0 bridgehead atoms. The number of anilines is 1. The Morgan fingerprint density at radius 3 is 2.92 bits per heavy atom. The number of carbonyl (C=O) groups is 1. The van der Waals surface area contributed by atoms with Gasteiger partial charge < -0.3 is 10.1 Å². The summed E-state index contributed by atoms with van der Waals surface area (Å²) in [6, 6.07) is 1.74. The summed E-state index contributed by atoms with van der Waals surface area (Å²) in [5.41, 5.74) is 2.46. The van der Waals surface area contributed by atoms with Gasteiger partial charge in [-0.15, -0.1) is 16.4 Å². The number of carbonyl (C=O) groups excluding carboxylic acids is 1. The third kappa shape index (κ3) is 2.95. The Morgan fingerprint density at radius 2 is 2.29 bits per heavy atom. The van der Waals surface area contributed by atoms with Crippen molar-refractivity contribution in [1.29, 1.82) is 0 Å². The van der Waals surface area contributed by atoms with Gasteiger partial charge in [-0.2, -0.15) is 4.98 Å². The van der Waals surface area contributed by atoms with Crippen molar-refractivity contribution in [3.8, 4) is 0 Å². The van der Waals surface area contributed by atoms with Gasteiger partial charge in [-0.05, 0) is 37.3 Å². The summed E-state index contributed by atoms with van der Waals surface area (Å²) in [4.78, 5) is 18.0. The zero-order valence-electron chi connectivity index (χ0n) is 14.1. The molecule has 6 nitrogen and oxygen atoms in total. The second-order valence-electron chi connectivity index (χ2n) is 5.54. The molecule has 0 aliphatic carbocycles. The largest absolute Gasteiger partial charge is 0.466 e. The fraction of sp³-hybridized carbons (Fsp3) is 0.438. The molecule has 1 atom stereocenters. The molecule has 0 fully saturated rings. The van der Waals surface area contributed by atoms with Crippen LogP contribution in [0.3, 0.4) is 0 Å². The first-order valence-corrected chi connectivity index (χ1v) is 9.62. The number of hydrogen-bond acceptors (Lipinski definition) is 7. The molecule has 8 heteroatoms. The van der Waals surface area contributed by atoms with E-state index in [2.05, 4.69) is 28.4 Å². The number of allylic oxidation sites excluding steroid dienone is 1. The maximum Gasteiger partial charge on any atom is 0.338 e. The molecule has 0 aromatic carbocycles. The zero-order valence-corrected chi connectivity index (χ0v) is 15.8. The molecule has 2 aromatic heterocycles. The SMILES string of the molecule is CCCSc1nc2n(n1)C(c1sccc1C)C(C(=O)OC)=C(C)N2. The number of esters is 1. The first-order chi connectivity index (χ1) is 11.6. The lowest BCUT2D eigenvalue weighted by Crippen LogP contribution is -2.29. The Labute approximate surface area is 149 Å². The van der Waals surface area contributed by atoms with Crippen molar-refractivity contribution < 1.29 is 9.53 Å². The summed E-state index contributed by atoms with van der Waals surface area (Å²) >= 11 is 3.23. The number of ether oxygens (including phenoxy) is 1. The van der Waals surface area contributed by atoms with E-state index in [1.54, 1.807) is 27.8 Å². The normalized spacial score (nSPS) is 16.8. The summed E-state index contributed by atoms with van der Waals surface area (Å²) in [5, 5.41) is 10.6. The molecule has 0 spiro atoms. The van der Waals surface area contributed by atoms with E-state index in [1.807, 2.05) is 19.2 Å². The van der Waals surface area contributed by atoms with Crippen molar-refractivity contribution >= 4 is 35.0 Å². The van der Waals surface area contributed by atoms with Crippen LogP contribution in [0.4, 0.5) is 5.95 Å². The highest BCUT2D eigenvalue weighted by molar-refractivity contribution is 7.99. The van der Waals surface area contributed by atoms with Crippen molar-refractivity contribution in [2.75, 3.05) is 18.2 Å². The molecule has 0 saturated carbocycles. The van der Waals surface area contributed by atoms with E-state index in [-0.39, 0.29) is 12.0 Å². The van der Waals surface area contributed by atoms with Crippen LogP contribution in [0.5, 0.6) is 0 Å². The molecular formula is C16H20N4O2S2. The van der Waals surface area contributed by atoms with Crippen molar-refractivity contribution in [2.45, 2.75) is 38.4 Å². The molecule has 2 aromatic rings. The molecule has 1 unspecified atom stereocenters. The minimum atomic E-state index is -0.346. The Hall–Kier alpha value is -1.80. The monoisotopic (exact) mass is 364 g/mol. The van der Waals surface area contributed by atoms with Crippen molar-refractivity contribution in [1.82, 2.24) is 14.8 Å². The van der Waals surface area contributed by atoms with Gasteiger partial charge in [0.25, 0.3) is 0 Å². The Bertz CT molecular complexity index is 794. The third-order valence-corrected chi connectivity index (χ3v) is 5.94. The van der Waals surface area contributed by atoms with Crippen molar-refractivity contribution in [3.63, 3.8) is 0 Å². The molecule has 3 rings (SSSR count). The van der Waals surface area contributed by atoms with E-state index in [9.17, 15) is 4.79 Å². The van der Waals surface area contributed by atoms with Crippen LogP contribution >= 0.6 is 23.1 Å². The summed E-state index contributed by atoms with van der Waals surface area (Å²) < 4.78 is 6.82. The fourth-order valence-corrected chi connectivity index (χ4v) is 4.37. The highest BCUT2D eigenvalue weighted by Crippen LogP contribution is 2.39. The quantitative estimate of drug-likeness (QED) is 0.646. The molecule has 24 heavy (non-hydrogen) atoms.